The Morgan fingerprint density at radius 2 is 1.63 bits per heavy atom. The van der Waals surface area contributed by atoms with Gasteiger partial charge in [-0.25, -0.2) is 0 Å². The van der Waals surface area contributed by atoms with Gasteiger partial charge in [0.15, 0.2) is 0 Å². The van der Waals surface area contributed by atoms with Gasteiger partial charge >= 0.3 is 0 Å². The summed E-state index contributed by atoms with van der Waals surface area (Å²) in [5.74, 6) is 0.406. The molecule has 2 N–H and O–H groups in total. The highest BCUT2D eigenvalue weighted by Gasteiger charge is 2.14. The molecule has 0 saturated heterocycles. The summed E-state index contributed by atoms with van der Waals surface area (Å²) in [7, 11) is 3.32. The van der Waals surface area contributed by atoms with Gasteiger partial charge in [-0.2, -0.15) is 0 Å². The van der Waals surface area contributed by atoms with Gasteiger partial charge in [0.05, 0.1) is 26.2 Å². The molecule has 27 heavy (non-hydrogen) atoms. The predicted octanol–water partition coefficient (Wildman–Crippen LogP) is 3.21. The third-order valence-electron chi connectivity index (χ3n) is 3.95. The van der Waals surface area contributed by atoms with Gasteiger partial charge in [0.2, 0.25) is 11.8 Å². The molecule has 2 aromatic carbocycles. The Morgan fingerprint density at radius 1 is 1.04 bits per heavy atom. The van der Waals surface area contributed by atoms with E-state index >= 15 is 0 Å². The molecule has 0 aliphatic rings. The minimum Gasteiger partial charge on any atom is -0.497 e. The Kier molecular flexibility index (Phi) is 7.82. The van der Waals surface area contributed by atoms with Crippen molar-refractivity contribution >= 4 is 33.4 Å². The minimum atomic E-state index is -0.184. The number of nitrogens with zero attached hydrogens (tertiary/aromatic N) is 1. The molecule has 6 nitrogen and oxygen atoms in total. The van der Waals surface area contributed by atoms with Gasteiger partial charge in [-0.3, -0.25) is 14.5 Å². The van der Waals surface area contributed by atoms with E-state index < -0.39 is 0 Å². The van der Waals surface area contributed by atoms with E-state index in [2.05, 4.69) is 26.6 Å². The highest BCUT2D eigenvalue weighted by molar-refractivity contribution is 9.10. The fourth-order valence-corrected chi connectivity index (χ4v) is 2.81. The van der Waals surface area contributed by atoms with Crippen LogP contribution in [0.3, 0.4) is 0 Å². The monoisotopic (exact) mass is 433 g/mol. The molecule has 0 radical (unpaired) electrons. The van der Waals surface area contributed by atoms with Crippen LogP contribution in [-0.4, -0.2) is 44.0 Å². The van der Waals surface area contributed by atoms with Crippen molar-refractivity contribution in [2.45, 2.75) is 13.0 Å². The first-order valence-corrected chi connectivity index (χ1v) is 9.34. The summed E-state index contributed by atoms with van der Waals surface area (Å²) in [5.41, 5.74) is 1.70. The van der Waals surface area contributed by atoms with Gasteiger partial charge in [-0.1, -0.05) is 28.1 Å². The Hall–Kier alpha value is -2.38. The average molecular weight is 434 g/mol. The summed E-state index contributed by atoms with van der Waals surface area (Å²) < 4.78 is 6.08. The number of carbonyl (C=O) groups is 2. The highest BCUT2D eigenvalue weighted by atomic mass is 79.9. The number of rotatable bonds is 8. The normalized spacial score (nSPS) is 11.7. The first-order chi connectivity index (χ1) is 12.9. The molecule has 0 unspecified atom stereocenters. The lowest BCUT2D eigenvalue weighted by atomic mass is 10.1. The van der Waals surface area contributed by atoms with Gasteiger partial charge in [-0.05, 0) is 55.9 Å². The number of ether oxygens (including phenoxy) is 1. The molecular formula is C20H24BrN3O3. The maximum absolute atomic E-state index is 12.2. The summed E-state index contributed by atoms with van der Waals surface area (Å²) in [6, 6.07) is 14.8. The molecule has 2 aromatic rings. The van der Waals surface area contributed by atoms with E-state index in [1.54, 1.807) is 43.3 Å². The van der Waals surface area contributed by atoms with Crippen LogP contribution >= 0.6 is 15.9 Å². The minimum absolute atomic E-state index is 0.105. The van der Waals surface area contributed by atoms with Crippen LogP contribution in [0, 0.1) is 0 Å². The molecule has 2 rings (SSSR count). The summed E-state index contributed by atoms with van der Waals surface area (Å²) in [6.45, 7) is 2.18. The maximum atomic E-state index is 12.2. The van der Waals surface area contributed by atoms with E-state index in [9.17, 15) is 9.59 Å². The van der Waals surface area contributed by atoms with Crippen molar-refractivity contribution in [1.29, 1.82) is 0 Å². The van der Waals surface area contributed by atoms with Gasteiger partial charge < -0.3 is 15.4 Å². The van der Waals surface area contributed by atoms with Gasteiger partial charge in [0, 0.05) is 10.2 Å². The second kappa shape index (κ2) is 10.1. The second-order valence-electron chi connectivity index (χ2n) is 6.29. The number of anilines is 1. The predicted molar refractivity (Wildman–Crippen MR) is 110 cm³/mol. The number of likely N-dealkylation sites (N-methyl/N-ethyl adjacent to an activating group) is 1. The largest absolute Gasteiger partial charge is 0.497 e. The zero-order valence-corrected chi connectivity index (χ0v) is 17.2. The molecule has 0 spiro atoms. The lowest BCUT2D eigenvalue weighted by molar-refractivity contribution is -0.123. The molecule has 0 aliphatic heterocycles. The van der Waals surface area contributed by atoms with Crippen LogP contribution in [-0.2, 0) is 9.59 Å². The molecule has 1 atom stereocenters. The molecule has 0 aromatic heterocycles. The van der Waals surface area contributed by atoms with E-state index in [0.29, 0.717) is 5.69 Å². The first kappa shape index (κ1) is 20.9. The Bertz CT molecular complexity index is 763. The molecule has 0 fully saturated rings. The number of hydrogen-bond donors (Lipinski definition) is 2. The third-order valence-corrected chi connectivity index (χ3v) is 4.48. The first-order valence-electron chi connectivity index (χ1n) is 8.54. The van der Waals surface area contributed by atoms with Crippen molar-refractivity contribution in [2.75, 3.05) is 32.6 Å². The Balaban J connectivity index is 1.77. The smallest absolute Gasteiger partial charge is 0.238 e. The maximum Gasteiger partial charge on any atom is 0.238 e. The molecule has 0 aliphatic carbocycles. The standard InChI is InChI=1S/C20H24BrN3O3/c1-14(15-4-6-16(21)7-5-15)22-19(25)12-24(2)13-20(26)23-17-8-10-18(27-3)11-9-17/h4-11,14H,12-13H2,1-3H3,(H,22,25)(H,23,26)/t14-/m1/s1. The van der Waals surface area contributed by atoms with E-state index in [4.69, 9.17) is 4.74 Å². The van der Waals surface area contributed by atoms with Crippen LogP contribution in [0.15, 0.2) is 53.0 Å². The van der Waals surface area contributed by atoms with Crippen molar-refractivity contribution in [3.05, 3.63) is 58.6 Å². The lowest BCUT2D eigenvalue weighted by Crippen LogP contribution is -2.39. The van der Waals surface area contributed by atoms with Gasteiger partial charge in [0.25, 0.3) is 0 Å². The number of methoxy groups -OCH3 is 1. The summed E-state index contributed by atoms with van der Waals surface area (Å²) >= 11 is 3.39. The van der Waals surface area contributed by atoms with Crippen molar-refractivity contribution in [3.63, 3.8) is 0 Å². The fourth-order valence-electron chi connectivity index (χ4n) is 2.54. The van der Waals surface area contributed by atoms with Crippen LogP contribution in [0.4, 0.5) is 5.69 Å². The molecule has 0 saturated carbocycles. The van der Waals surface area contributed by atoms with E-state index in [1.807, 2.05) is 31.2 Å². The lowest BCUT2D eigenvalue weighted by Gasteiger charge is -2.19. The number of halogens is 1. The zero-order valence-electron chi connectivity index (χ0n) is 15.7. The number of carbonyl (C=O) groups excluding carboxylic acids is 2. The number of hydrogen-bond acceptors (Lipinski definition) is 4. The molecule has 0 heterocycles. The van der Waals surface area contributed by atoms with Crippen LogP contribution in [0.2, 0.25) is 0 Å². The van der Waals surface area contributed by atoms with Crippen molar-refractivity contribution in [3.8, 4) is 5.75 Å². The van der Waals surface area contributed by atoms with Crippen LogP contribution in [0.25, 0.3) is 0 Å². The SMILES string of the molecule is COc1ccc(NC(=O)CN(C)CC(=O)N[C@H](C)c2ccc(Br)cc2)cc1. The Labute approximate surface area is 168 Å². The Morgan fingerprint density at radius 3 is 2.22 bits per heavy atom. The summed E-state index contributed by atoms with van der Waals surface area (Å²) in [6.07, 6.45) is 0. The van der Waals surface area contributed by atoms with Crippen molar-refractivity contribution < 1.29 is 14.3 Å². The van der Waals surface area contributed by atoms with Gasteiger partial charge in [0.1, 0.15) is 5.75 Å². The van der Waals surface area contributed by atoms with Crippen LogP contribution in [0.5, 0.6) is 5.75 Å². The molecule has 2 amide bonds. The summed E-state index contributed by atoms with van der Waals surface area (Å²) in [4.78, 5) is 26.0. The molecular weight excluding hydrogens is 410 g/mol. The second-order valence-corrected chi connectivity index (χ2v) is 7.21. The fraction of sp³-hybridized carbons (Fsp3) is 0.300. The molecule has 7 heteroatoms. The van der Waals surface area contributed by atoms with Gasteiger partial charge in [-0.15, -0.1) is 0 Å². The number of benzene rings is 2. The highest BCUT2D eigenvalue weighted by Crippen LogP contribution is 2.16. The van der Waals surface area contributed by atoms with Crippen molar-refractivity contribution in [2.24, 2.45) is 0 Å². The number of amides is 2. The number of nitrogens with one attached hydrogen (secondary N) is 2. The van der Waals surface area contributed by atoms with E-state index in [-0.39, 0.29) is 30.9 Å². The van der Waals surface area contributed by atoms with E-state index in [1.165, 1.54) is 0 Å². The van der Waals surface area contributed by atoms with Crippen LogP contribution < -0.4 is 15.4 Å². The third kappa shape index (κ3) is 7.03. The van der Waals surface area contributed by atoms with Crippen molar-refractivity contribution in [1.82, 2.24) is 10.2 Å². The topological polar surface area (TPSA) is 70.7 Å². The average Bonchev–Trinajstić information content (AvgIpc) is 2.62. The molecule has 144 valence electrons. The zero-order chi connectivity index (χ0) is 19.8. The van der Waals surface area contributed by atoms with Crippen LogP contribution in [0.1, 0.15) is 18.5 Å². The van der Waals surface area contributed by atoms with E-state index in [0.717, 1.165) is 15.8 Å². The quantitative estimate of drug-likeness (QED) is 0.670. The molecule has 0 bridgehead atoms. The summed E-state index contributed by atoms with van der Waals surface area (Å²) in [5, 5.41) is 5.74.